The van der Waals surface area contributed by atoms with Crippen LogP contribution in [0.3, 0.4) is 0 Å². The quantitative estimate of drug-likeness (QED) is 0.849. The lowest BCUT2D eigenvalue weighted by atomic mass is 10.2. The molecule has 0 unspecified atom stereocenters. The van der Waals surface area contributed by atoms with E-state index < -0.39 is 10.0 Å². The normalized spacial score (nSPS) is 11.6. The van der Waals surface area contributed by atoms with E-state index in [0.29, 0.717) is 23.7 Å². The SMILES string of the molecule is Cc1cccc(Cl)c1NS(=O)(=O)c1cnn(CCCO)c1. The van der Waals surface area contributed by atoms with Crippen LogP contribution in [0.1, 0.15) is 12.0 Å². The molecule has 1 aromatic heterocycles. The average molecular weight is 330 g/mol. The Kier molecular flexibility index (Phi) is 4.87. The summed E-state index contributed by atoms with van der Waals surface area (Å²) in [5.41, 5.74) is 1.10. The predicted octanol–water partition coefficient (Wildman–Crippen LogP) is 2.03. The summed E-state index contributed by atoms with van der Waals surface area (Å²) in [6.07, 6.45) is 3.20. The number of benzene rings is 1. The molecular weight excluding hydrogens is 314 g/mol. The molecule has 21 heavy (non-hydrogen) atoms. The number of aryl methyl sites for hydroxylation is 2. The third-order valence-corrected chi connectivity index (χ3v) is 4.54. The number of nitrogens with zero attached hydrogens (tertiary/aromatic N) is 2. The van der Waals surface area contributed by atoms with E-state index in [2.05, 4.69) is 9.82 Å². The Bertz CT molecular complexity index is 708. The van der Waals surface area contributed by atoms with Gasteiger partial charge in [-0.05, 0) is 25.0 Å². The lowest BCUT2D eigenvalue weighted by Gasteiger charge is -2.10. The van der Waals surface area contributed by atoms with Crippen molar-refractivity contribution in [2.24, 2.45) is 0 Å². The number of nitrogens with one attached hydrogen (secondary N) is 1. The number of para-hydroxylation sites is 1. The molecule has 0 bridgehead atoms. The molecule has 0 radical (unpaired) electrons. The van der Waals surface area contributed by atoms with Gasteiger partial charge in [-0.15, -0.1) is 0 Å². The summed E-state index contributed by atoms with van der Waals surface area (Å²) in [6, 6.07) is 5.15. The minimum atomic E-state index is -3.74. The summed E-state index contributed by atoms with van der Waals surface area (Å²) < 4.78 is 28.6. The van der Waals surface area contributed by atoms with Gasteiger partial charge in [-0.3, -0.25) is 9.40 Å². The summed E-state index contributed by atoms with van der Waals surface area (Å²) in [7, 11) is -3.74. The number of anilines is 1. The van der Waals surface area contributed by atoms with Gasteiger partial charge in [0.2, 0.25) is 0 Å². The van der Waals surface area contributed by atoms with Crippen molar-refractivity contribution in [2.45, 2.75) is 24.8 Å². The number of aliphatic hydroxyl groups excluding tert-OH is 1. The zero-order valence-corrected chi connectivity index (χ0v) is 13.0. The summed E-state index contributed by atoms with van der Waals surface area (Å²) in [5.74, 6) is 0. The van der Waals surface area contributed by atoms with Gasteiger partial charge in [0, 0.05) is 19.3 Å². The first-order chi connectivity index (χ1) is 9.94. The fraction of sp³-hybridized carbons (Fsp3) is 0.308. The molecule has 1 aromatic carbocycles. The Balaban J connectivity index is 2.24. The number of halogens is 1. The minimum absolute atomic E-state index is 0.0268. The maximum Gasteiger partial charge on any atom is 0.265 e. The summed E-state index contributed by atoms with van der Waals surface area (Å²) in [5, 5.41) is 13.1. The number of sulfonamides is 1. The Morgan fingerprint density at radius 1 is 1.43 bits per heavy atom. The van der Waals surface area contributed by atoms with E-state index in [9.17, 15) is 8.42 Å². The number of rotatable bonds is 6. The zero-order valence-electron chi connectivity index (χ0n) is 11.5. The van der Waals surface area contributed by atoms with Gasteiger partial charge in [0.1, 0.15) is 4.90 Å². The van der Waals surface area contributed by atoms with Gasteiger partial charge in [-0.25, -0.2) is 8.42 Å². The Hall–Kier alpha value is -1.57. The Morgan fingerprint density at radius 2 is 2.19 bits per heavy atom. The van der Waals surface area contributed by atoms with Crippen LogP contribution in [0, 0.1) is 6.92 Å². The number of hydrogen-bond acceptors (Lipinski definition) is 4. The molecule has 0 fully saturated rings. The van der Waals surface area contributed by atoms with Gasteiger partial charge in [-0.2, -0.15) is 5.10 Å². The van der Waals surface area contributed by atoms with Crippen LogP contribution in [-0.4, -0.2) is 29.9 Å². The highest BCUT2D eigenvalue weighted by molar-refractivity contribution is 7.92. The summed E-state index contributed by atoms with van der Waals surface area (Å²) in [4.78, 5) is 0.0553. The first kappa shape index (κ1) is 15.8. The number of hydrogen-bond donors (Lipinski definition) is 2. The summed E-state index contributed by atoms with van der Waals surface area (Å²) in [6.45, 7) is 2.25. The highest BCUT2D eigenvalue weighted by Crippen LogP contribution is 2.27. The monoisotopic (exact) mass is 329 g/mol. The molecule has 0 aliphatic heterocycles. The molecule has 2 aromatic rings. The van der Waals surface area contributed by atoms with Gasteiger partial charge < -0.3 is 5.11 Å². The van der Waals surface area contributed by atoms with Gasteiger partial charge in [0.15, 0.2) is 0 Å². The smallest absolute Gasteiger partial charge is 0.265 e. The van der Waals surface area contributed by atoms with Crippen molar-refractivity contribution in [3.05, 3.63) is 41.2 Å². The zero-order chi connectivity index (χ0) is 15.5. The second-order valence-corrected chi connectivity index (χ2v) is 6.64. The lowest BCUT2D eigenvalue weighted by Crippen LogP contribution is -2.13. The molecule has 0 aliphatic rings. The molecular formula is C13H16ClN3O3S. The van der Waals surface area contributed by atoms with Crippen molar-refractivity contribution >= 4 is 27.3 Å². The number of aliphatic hydroxyl groups is 1. The molecule has 0 saturated heterocycles. The van der Waals surface area contributed by atoms with E-state index >= 15 is 0 Å². The second-order valence-electron chi connectivity index (χ2n) is 4.55. The molecule has 2 rings (SSSR count). The summed E-state index contributed by atoms with van der Waals surface area (Å²) >= 11 is 6.02. The van der Waals surface area contributed by atoms with Gasteiger partial charge >= 0.3 is 0 Å². The number of aromatic nitrogens is 2. The van der Waals surface area contributed by atoms with Crippen molar-refractivity contribution in [2.75, 3.05) is 11.3 Å². The third-order valence-electron chi connectivity index (χ3n) is 2.92. The van der Waals surface area contributed by atoms with Crippen LogP contribution in [0.2, 0.25) is 5.02 Å². The topological polar surface area (TPSA) is 84.2 Å². The Labute approximate surface area is 128 Å². The molecule has 0 atom stereocenters. The molecule has 0 amide bonds. The van der Waals surface area contributed by atoms with Crippen LogP contribution in [0.25, 0.3) is 0 Å². The molecule has 0 saturated carbocycles. The van der Waals surface area contributed by atoms with Crippen molar-refractivity contribution < 1.29 is 13.5 Å². The molecule has 1 heterocycles. The lowest BCUT2D eigenvalue weighted by molar-refractivity contribution is 0.277. The van der Waals surface area contributed by atoms with Crippen molar-refractivity contribution in [1.29, 1.82) is 0 Å². The molecule has 8 heteroatoms. The second kappa shape index (κ2) is 6.46. The fourth-order valence-corrected chi connectivity index (χ4v) is 3.22. The van der Waals surface area contributed by atoms with E-state index in [1.54, 1.807) is 25.1 Å². The van der Waals surface area contributed by atoms with Crippen LogP contribution in [0.5, 0.6) is 0 Å². The van der Waals surface area contributed by atoms with E-state index in [0.717, 1.165) is 5.56 Å². The molecule has 0 spiro atoms. The maximum absolute atomic E-state index is 12.3. The fourth-order valence-electron chi connectivity index (χ4n) is 1.79. The first-order valence-corrected chi connectivity index (χ1v) is 8.21. The Morgan fingerprint density at radius 3 is 2.86 bits per heavy atom. The molecule has 6 nitrogen and oxygen atoms in total. The first-order valence-electron chi connectivity index (χ1n) is 6.35. The van der Waals surface area contributed by atoms with Gasteiger partial charge in [-0.1, -0.05) is 23.7 Å². The standard InChI is InChI=1S/C13H16ClN3O3S/c1-10-4-2-5-12(14)13(10)16-21(19,20)11-8-15-17(9-11)6-3-7-18/h2,4-5,8-9,16,18H,3,6-7H2,1H3. The molecule has 114 valence electrons. The third kappa shape index (κ3) is 3.75. The van der Waals surface area contributed by atoms with E-state index in [4.69, 9.17) is 16.7 Å². The maximum atomic E-state index is 12.3. The minimum Gasteiger partial charge on any atom is -0.396 e. The van der Waals surface area contributed by atoms with Crippen molar-refractivity contribution in [1.82, 2.24) is 9.78 Å². The molecule has 2 N–H and O–H groups in total. The van der Waals surface area contributed by atoms with Crippen molar-refractivity contribution in [3.63, 3.8) is 0 Å². The van der Waals surface area contributed by atoms with Gasteiger partial charge in [0.05, 0.1) is 16.9 Å². The largest absolute Gasteiger partial charge is 0.396 e. The van der Waals surface area contributed by atoms with E-state index in [-0.39, 0.29) is 11.5 Å². The van der Waals surface area contributed by atoms with Crippen LogP contribution in [0.4, 0.5) is 5.69 Å². The van der Waals surface area contributed by atoms with Crippen LogP contribution >= 0.6 is 11.6 Å². The predicted molar refractivity (Wildman–Crippen MR) is 80.9 cm³/mol. The van der Waals surface area contributed by atoms with E-state index in [1.807, 2.05) is 0 Å². The molecule has 0 aliphatic carbocycles. The van der Waals surface area contributed by atoms with Crippen LogP contribution in [-0.2, 0) is 16.6 Å². The highest BCUT2D eigenvalue weighted by Gasteiger charge is 2.19. The average Bonchev–Trinajstić information content (AvgIpc) is 2.90. The van der Waals surface area contributed by atoms with Crippen molar-refractivity contribution in [3.8, 4) is 0 Å². The van der Waals surface area contributed by atoms with Crippen LogP contribution in [0.15, 0.2) is 35.5 Å². The van der Waals surface area contributed by atoms with E-state index in [1.165, 1.54) is 17.1 Å². The van der Waals surface area contributed by atoms with Gasteiger partial charge in [0.25, 0.3) is 10.0 Å². The highest BCUT2D eigenvalue weighted by atomic mass is 35.5. The van der Waals surface area contributed by atoms with Crippen LogP contribution < -0.4 is 4.72 Å².